The Balaban J connectivity index is 1.50. The molecule has 1 fully saturated rings. The summed E-state index contributed by atoms with van der Waals surface area (Å²) in [7, 11) is 0. The lowest BCUT2D eigenvalue weighted by Gasteiger charge is -2.10. The minimum absolute atomic E-state index is 0.916. The quantitative estimate of drug-likeness (QED) is 0.818. The maximum Gasteiger partial charge on any atom is 0.0682 e. The Morgan fingerprint density at radius 2 is 2.06 bits per heavy atom. The van der Waals surface area contributed by atoms with Gasteiger partial charge in [0, 0.05) is 11.9 Å². The van der Waals surface area contributed by atoms with Gasteiger partial charge in [-0.2, -0.15) is 5.10 Å². The van der Waals surface area contributed by atoms with Crippen LogP contribution in [0.4, 0.5) is 0 Å². The van der Waals surface area contributed by atoms with Gasteiger partial charge in [0.2, 0.25) is 0 Å². The molecule has 1 aromatic carbocycles. The molecule has 1 aromatic heterocycles. The molecule has 0 saturated heterocycles. The topological polar surface area (TPSA) is 29.9 Å². The van der Waals surface area contributed by atoms with Crippen molar-refractivity contribution >= 4 is 10.9 Å². The average molecular weight is 243 g/mol. The van der Waals surface area contributed by atoms with Crippen molar-refractivity contribution in [1.29, 1.82) is 0 Å². The van der Waals surface area contributed by atoms with Crippen LogP contribution in [0.15, 0.2) is 30.5 Å². The first-order chi connectivity index (χ1) is 8.93. The molecule has 3 nitrogen and oxygen atoms in total. The van der Waals surface area contributed by atoms with E-state index >= 15 is 0 Å². The smallest absolute Gasteiger partial charge is 0.0682 e. The highest BCUT2D eigenvalue weighted by molar-refractivity contribution is 5.78. The van der Waals surface area contributed by atoms with E-state index < -0.39 is 0 Å². The summed E-state index contributed by atoms with van der Waals surface area (Å²) >= 11 is 0. The number of para-hydroxylation sites is 1. The van der Waals surface area contributed by atoms with Gasteiger partial charge in [0.05, 0.1) is 18.3 Å². The van der Waals surface area contributed by atoms with E-state index in [2.05, 4.69) is 39.4 Å². The minimum atomic E-state index is 0.916. The molecule has 3 rings (SSSR count). The highest BCUT2D eigenvalue weighted by atomic mass is 15.3. The van der Waals surface area contributed by atoms with Gasteiger partial charge in [-0.1, -0.05) is 31.0 Å². The zero-order valence-corrected chi connectivity index (χ0v) is 10.8. The van der Waals surface area contributed by atoms with Crippen LogP contribution in [0.3, 0.4) is 0 Å². The minimum Gasteiger partial charge on any atom is -0.315 e. The molecule has 96 valence electrons. The van der Waals surface area contributed by atoms with Crippen molar-refractivity contribution in [1.82, 2.24) is 15.1 Å². The summed E-state index contributed by atoms with van der Waals surface area (Å²) in [5, 5.41) is 9.24. The van der Waals surface area contributed by atoms with Crippen LogP contribution in [0.25, 0.3) is 10.9 Å². The fourth-order valence-corrected chi connectivity index (χ4v) is 2.91. The largest absolute Gasteiger partial charge is 0.315 e. The first kappa shape index (κ1) is 11.7. The molecule has 0 aliphatic heterocycles. The summed E-state index contributed by atoms with van der Waals surface area (Å²) in [6.07, 6.45) is 7.63. The van der Waals surface area contributed by atoms with Gasteiger partial charge in [-0.15, -0.1) is 0 Å². The van der Waals surface area contributed by atoms with Gasteiger partial charge in [0.25, 0.3) is 0 Å². The third-order valence-corrected chi connectivity index (χ3v) is 3.96. The molecular formula is C15H21N3. The molecule has 0 amide bonds. The maximum atomic E-state index is 4.44. The normalized spacial score (nSPS) is 16.7. The number of nitrogens with one attached hydrogen (secondary N) is 1. The maximum absolute atomic E-state index is 4.44. The Kier molecular flexibility index (Phi) is 3.60. The van der Waals surface area contributed by atoms with Gasteiger partial charge in [-0.3, -0.25) is 4.68 Å². The molecule has 0 radical (unpaired) electrons. The summed E-state index contributed by atoms with van der Waals surface area (Å²) in [6, 6.07) is 8.39. The van der Waals surface area contributed by atoms with Crippen LogP contribution in [-0.4, -0.2) is 22.9 Å². The van der Waals surface area contributed by atoms with Crippen molar-refractivity contribution in [3.63, 3.8) is 0 Å². The lowest BCUT2D eigenvalue weighted by atomic mass is 10.1. The third-order valence-electron chi connectivity index (χ3n) is 3.96. The fourth-order valence-electron chi connectivity index (χ4n) is 2.91. The Bertz CT molecular complexity index is 497. The highest BCUT2D eigenvalue weighted by Crippen LogP contribution is 2.23. The van der Waals surface area contributed by atoms with Gasteiger partial charge in [0.1, 0.15) is 0 Å². The lowest BCUT2D eigenvalue weighted by Crippen LogP contribution is -2.25. The lowest BCUT2D eigenvalue weighted by molar-refractivity contribution is 0.470. The summed E-state index contributed by atoms with van der Waals surface area (Å²) in [6.45, 7) is 3.15. The monoisotopic (exact) mass is 243 g/mol. The van der Waals surface area contributed by atoms with Crippen molar-refractivity contribution in [3.05, 3.63) is 30.5 Å². The average Bonchev–Trinajstić information content (AvgIpc) is 3.04. The van der Waals surface area contributed by atoms with Gasteiger partial charge >= 0.3 is 0 Å². The van der Waals surface area contributed by atoms with Crippen molar-refractivity contribution in [3.8, 4) is 0 Å². The van der Waals surface area contributed by atoms with Crippen molar-refractivity contribution in [2.75, 3.05) is 13.1 Å². The van der Waals surface area contributed by atoms with Crippen LogP contribution in [0, 0.1) is 5.92 Å². The number of aromatic nitrogens is 2. The molecule has 1 N–H and O–H groups in total. The molecule has 1 saturated carbocycles. The van der Waals surface area contributed by atoms with E-state index in [9.17, 15) is 0 Å². The van der Waals surface area contributed by atoms with Crippen molar-refractivity contribution < 1.29 is 0 Å². The fraction of sp³-hybridized carbons (Fsp3) is 0.533. The summed E-state index contributed by atoms with van der Waals surface area (Å²) in [5.41, 5.74) is 1.24. The van der Waals surface area contributed by atoms with Crippen LogP contribution >= 0.6 is 0 Å². The molecule has 1 aliphatic carbocycles. The van der Waals surface area contributed by atoms with Crippen LogP contribution in [0.1, 0.15) is 25.7 Å². The number of hydrogen-bond acceptors (Lipinski definition) is 2. The number of fused-ring (bicyclic) bond motifs is 1. The van der Waals surface area contributed by atoms with E-state index in [4.69, 9.17) is 0 Å². The SMILES string of the molecule is c1ccc2c(c1)cnn2CCNCC1CCCC1. The first-order valence-corrected chi connectivity index (χ1v) is 7.05. The van der Waals surface area contributed by atoms with Crippen molar-refractivity contribution in [2.24, 2.45) is 5.92 Å². The first-order valence-electron chi connectivity index (χ1n) is 7.05. The zero-order valence-electron chi connectivity index (χ0n) is 10.8. The molecule has 0 bridgehead atoms. The van der Waals surface area contributed by atoms with Crippen LogP contribution in [-0.2, 0) is 6.54 Å². The number of hydrogen-bond donors (Lipinski definition) is 1. The molecule has 3 heteroatoms. The van der Waals surface area contributed by atoms with Crippen LogP contribution < -0.4 is 5.32 Å². The molecule has 0 unspecified atom stereocenters. The van der Waals surface area contributed by atoms with Crippen LogP contribution in [0.2, 0.25) is 0 Å². The Hall–Kier alpha value is -1.35. The van der Waals surface area contributed by atoms with Gasteiger partial charge in [-0.05, 0) is 31.4 Å². The molecule has 2 aromatic rings. The molecule has 18 heavy (non-hydrogen) atoms. The van der Waals surface area contributed by atoms with Gasteiger partial charge in [-0.25, -0.2) is 0 Å². The Morgan fingerprint density at radius 1 is 1.22 bits per heavy atom. The Labute approximate surface area is 108 Å². The summed E-state index contributed by atoms with van der Waals surface area (Å²) in [4.78, 5) is 0. The van der Waals surface area contributed by atoms with E-state index in [1.807, 2.05) is 6.20 Å². The number of benzene rings is 1. The molecule has 1 aliphatic rings. The summed E-state index contributed by atoms with van der Waals surface area (Å²) in [5.74, 6) is 0.916. The number of rotatable bonds is 5. The Morgan fingerprint density at radius 3 is 2.94 bits per heavy atom. The van der Waals surface area contributed by atoms with Crippen molar-refractivity contribution in [2.45, 2.75) is 32.2 Å². The molecule has 0 spiro atoms. The zero-order chi connectivity index (χ0) is 12.2. The van der Waals surface area contributed by atoms with Gasteiger partial charge < -0.3 is 5.32 Å². The molecular weight excluding hydrogens is 222 g/mol. The summed E-state index contributed by atoms with van der Waals surface area (Å²) < 4.78 is 2.09. The molecule has 0 atom stereocenters. The van der Waals surface area contributed by atoms with E-state index in [1.54, 1.807) is 0 Å². The predicted octanol–water partition coefficient (Wildman–Crippen LogP) is 2.82. The predicted molar refractivity (Wildman–Crippen MR) is 74.6 cm³/mol. The highest BCUT2D eigenvalue weighted by Gasteiger charge is 2.13. The van der Waals surface area contributed by atoms with E-state index in [1.165, 1.54) is 43.1 Å². The number of nitrogens with zero attached hydrogens (tertiary/aromatic N) is 2. The van der Waals surface area contributed by atoms with Gasteiger partial charge in [0.15, 0.2) is 0 Å². The van der Waals surface area contributed by atoms with E-state index in [-0.39, 0.29) is 0 Å². The second-order valence-electron chi connectivity index (χ2n) is 5.28. The third kappa shape index (κ3) is 2.56. The second-order valence-corrected chi connectivity index (χ2v) is 5.28. The second kappa shape index (κ2) is 5.53. The standard InChI is InChI=1S/C15H21N3/c1-2-6-13(5-1)11-16-9-10-18-15-8-4-3-7-14(15)12-17-18/h3-4,7-8,12-13,16H,1-2,5-6,9-11H2. The molecule has 1 heterocycles. The van der Waals surface area contributed by atoms with E-state index in [0.717, 1.165) is 19.0 Å². The van der Waals surface area contributed by atoms with E-state index in [0.29, 0.717) is 0 Å². The van der Waals surface area contributed by atoms with Crippen LogP contribution in [0.5, 0.6) is 0 Å².